The largest absolute Gasteiger partial charge is 0.772 e. The fraction of sp³-hybridized carbons (Fsp3) is 0.375. The Balaban J connectivity index is 2.49. The Labute approximate surface area is 150 Å². The van der Waals surface area contributed by atoms with E-state index in [4.69, 9.17) is 10.5 Å². The van der Waals surface area contributed by atoms with Crippen LogP contribution in [0.5, 0.6) is 5.75 Å². The van der Waals surface area contributed by atoms with E-state index in [1.807, 2.05) is 0 Å². The number of nitrogens with zero attached hydrogens (tertiary/aromatic N) is 2. The van der Waals surface area contributed by atoms with Crippen molar-refractivity contribution in [3.05, 3.63) is 46.9 Å². The molecule has 0 saturated heterocycles. The maximum atomic E-state index is 12.8. The summed E-state index contributed by atoms with van der Waals surface area (Å²) in [6.45, 7) is 3.03. The van der Waals surface area contributed by atoms with Crippen LogP contribution in [-0.2, 0) is 28.4 Å². The van der Waals surface area contributed by atoms with Crippen molar-refractivity contribution in [2.45, 2.75) is 31.2 Å². The number of rotatable bonds is 5. The molecule has 0 bridgehead atoms. The molecule has 1 heterocycles. The summed E-state index contributed by atoms with van der Waals surface area (Å²) < 4.78 is 65.4. The maximum Gasteiger partial charge on any atom is 0.421 e. The van der Waals surface area contributed by atoms with E-state index in [1.165, 1.54) is 21.0 Å². The van der Waals surface area contributed by atoms with Crippen molar-refractivity contribution in [3.8, 4) is 5.75 Å². The highest BCUT2D eigenvalue weighted by Crippen LogP contribution is 2.34. The van der Waals surface area contributed by atoms with Gasteiger partial charge in [-0.05, 0) is 48.2 Å². The molecule has 1 atom stereocenters. The average Bonchev–Trinajstić information content (AvgIpc) is 2.53. The van der Waals surface area contributed by atoms with Gasteiger partial charge in [-0.3, -0.25) is 4.21 Å². The normalized spacial score (nSPS) is 13.5. The lowest BCUT2D eigenvalue weighted by molar-refractivity contribution is -0.137. The molecule has 1 aromatic carbocycles. The molecule has 2 N–H and O–H groups in total. The number of anilines is 1. The number of hydrogen-bond acceptors (Lipinski definition) is 6. The van der Waals surface area contributed by atoms with Crippen LogP contribution in [0.25, 0.3) is 0 Å². The van der Waals surface area contributed by atoms with Gasteiger partial charge in [-0.1, -0.05) is 6.07 Å². The first-order valence-electron chi connectivity index (χ1n) is 7.42. The van der Waals surface area contributed by atoms with Crippen molar-refractivity contribution in [1.82, 2.24) is 9.97 Å². The van der Waals surface area contributed by atoms with E-state index in [2.05, 4.69) is 9.97 Å². The number of nitrogen functional groups attached to an aromatic ring is 1. The summed E-state index contributed by atoms with van der Waals surface area (Å²) in [4.78, 5) is 7.43. The minimum Gasteiger partial charge on any atom is -0.772 e. The number of methoxy groups -OCH3 is 1. The number of benzene rings is 1. The van der Waals surface area contributed by atoms with Gasteiger partial charge in [0.25, 0.3) is 0 Å². The van der Waals surface area contributed by atoms with Gasteiger partial charge >= 0.3 is 6.18 Å². The Morgan fingerprint density at radius 2 is 1.92 bits per heavy atom. The van der Waals surface area contributed by atoms with Crippen LogP contribution in [0.2, 0.25) is 0 Å². The number of halogens is 3. The number of nitrogens with two attached hydrogens (primary N) is 1. The first kappa shape index (κ1) is 20.1. The van der Waals surface area contributed by atoms with E-state index in [9.17, 15) is 21.9 Å². The first-order chi connectivity index (χ1) is 12.0. The highest BCUT2D eigenvalue weighted by Gasteiger charge is 2.34. The summed E-state index contributed by atoms with van der Waals surface area (Å²) in [5.41, 5.74) is 5.26. The predicted molar refractivity (Wildman–Crippen MR) is 89.2 cm³/mol. The second kappa shape index (κ2) is 7.20. The zero-order valence-corrected chi connectivity index (χ0v) is 15.1. The van der Waals surface area contributed by atoms with Gasteiger partial charge in [-0.15, -0.1) is 0 Å². The molecule has 0 aliphatic heterocycles. The lowest BCUT2D eigenvalue weighted by Crippen LogP contribution is -2.25. The quantitative estimate of drug-likeness (QED) is 0.791. The Morgan fingerprint density at radius 3 is 2.42 bits per heavy atom. The molecule has 1 aromatic heterocycles. The maximum absolute atomic E-state index is 12.8. The highest BCUT2D eigenvalue weighted by molar-refractivity contribution is 7.80. The molecule has 142 valence electrons. The molecule has 0 aliphatic rings. The van der Waals surface area contributed by atoms with Crippen molar-refractivity contribution in [1.29, 1.82) is 0 Å². The molecule has 26 heavy (non-hydrogen) atoms. The second-order valence-corrected chi connectivity index (χ2v) is 7.52. The van der Waals surface area contributed by atoms with Crippen molar-refractivity contribution in [3.63, 3.8) is 0 Å². The van der Waals surface area contributed by atoms with Crippen molar-refractivity contribution >= 4 is 16.9 Å². The van der Waals surface area contributed by atoms with E-state index >= 15 is 0 Å². The van der Waals surface area contributed by atoms with Crippen LogP contribution in [0, 0.1) is 0 Å². The number of hydrogen-bond donors (Lipinski definition) is 1. The molecule has 10 heteroatoms. The molecule has 0 fully saturated rings. The Morgan fingerprint density at radius 1 is 1.27 bits per heavy atom. The summed E-state index contributed by atoms with van der Waals surface area (Å²) in [5, 5.41) is 0. The number of ether oxygens (including phenoxy) is 1. The Hall–Kier alpha value is -2.20. The van der Waals surface area contributed by atoms with E-state index < -0.39 is 33.4 Å². The fourth-order valence-electron chi connectivity index (χ4n) is 2.43. The smallest absolute Gasteiger partial charge is 0.421 e. The third-order valence-corrected chi connectivity index (χ3v) is 4.95. The van der Waals surface area contributed by atoms with E-state index in [0.717, 1.165) is 0 Å². The van der Waals surface area contributed by atoms with Gasteiger partial charge in [-0.2, -0.15) is 13.2 Å². The van der Waals surface area contributed by atoms with Gasteiger partial charge in [-0.25, -0.2) is 9.97 Å². The standard InChI is InChI=1S/C16H18F3N3O3S/c1-15(2,26(23)24)11-5-4-10(25-3)6-9(11)7-13-21-8-12(14(20)22-13)16(17,18)19/h4-6,8H,7H2,1-3H3,(H,23,24)(H2,20,21,22)/p-1. The van der Waals surface area contributed by atoms with Crippen LogP contribution in [0.1, 0.15) is 36.4 Å². The van der Waals surface area contributed by atoms with Gasteiger partial charge < -0.3 is 15.0 Å². The molecule has 0 amide bonds. The third kappa shape index (κ3) is 4.13. The SMILES string of the molecule is COc1ccc(C(C)(C)S(=O)[O-])c(Cc2ncc(C(F)(F)F)c(N)n2)c1. The highest BCUT2D eigenvalue weighted by atomic mass is 32.2. The lowest BCUT2D eigenvalue weighted by atomic mass is 9.94. The second-order valence-electron chi connectivity index (χ2n) is 6.03. The zero-order valence-electron chi connectivity index (χ0n) is 14.3. The van der Waals surface area contributed by atoms with Crippen LogP contribution in [0.4, 0.5) is 19.0 Å². The van der Waals surface area contributed by atoms with Crippen LogP contribution in [-0.4, -0.2) is 25.8 Å². The van der Waals surface area contributed by atoms with E-state index in [1.54, 1.807) is 18.2 Å². The molecule has 0 saturated carbocycles. The van der Waals surface area contributed by atoms with E-state index in [0.29, 0.717) is 23.1 Å². The third-order valence-electron chi connectivity index (χ3n) is 3.90. The topological polar surface area (TPSA) is 101 Å². The van der Waals surface area contributed by atoms with Gasteiger partial charge in [0, 0.05) is 12.6 Å². The molecule has 6 nitrogen and oxygen atoms in total. The molecule has 0 aliphatic carbocycles. The zero-order chi connectivity index (χ0) is 19.7. The fourth-order valence-corrected chi connectivity index (χ4v) is 2.81. The Bertz CT molecular complexity index is 841. The minimum absolute atomic E-state index is 0.00446. The Kier molecular flexibility index (Phi) is 5.57. The van der Waals surface area contributed by atoms with E-state index in [-0.39, 0.29) is 12.2 Å². The average molecular weight is 388 g/mol. The van der Waals surface area contributed by atoms with Crippen LogP contribution in [0.3, 0.4) is 0 Å². The van der Waals surface area contributed by atoms with Crippen LogP contribution >= 0.6 is 0 Å². The molecule has 0 spiro atoms. The monoisotopic (exact) mass is 388 g/mol. The molecular weight excluding hydrogens is 371 g/mol. The number of alkyl halides is 3. The summed E-state index contributed by atoms with van der Waals surface area (Å²) in [6.07, 6.45) is -4.03. The van der Waals surface area contributed by atoms with Crippen molar-refractivity contribution in [2.75, 3.05) is 12.8 Å². The van der Waals surface area contributed by atoms with Gasteiger partial charge in [0.2, 0.25) is 0 Å². The summed E-state index contributed by atoms with van der Waals surface area (Å²) in [5.74, 6) is -0.174. The molecular formula is C16H17F3N3O3S-. The molecule has 2 aromatic rings. The van der Waals surface area contributed by atoms with Crippen molar-refractivity contribution in [2.24, 2.45) is 0 Å². The summed E-state index contributed by atoms with van der Waals surface area (Å²) in [6, 6.07) is 4.80. The van der Waals surface area contributed by atoms with Crippen LogP contribution < -0.4 is 10.5 Å². The van der Waals surface area contributed by atoms with Gasteiger partial charge in [0.15, 0.2) is 0 Å². The minimum atomic E-state index is -4.65. The summed E-state index contributed by atoms with van der Waals surface area (Å²) in [7, 11) is 1.45. The first-order valence-corrected chi connectivity index (χ1v) is 8.49. The van der Waals surface area contributed by atoms with Gasteiger partial charge in [0.1, 0.15) is 23.0 Å². The predicted octanol–water partition coefficient (Wildman–Crippen LogP) is 2.79. The van der Waals surface area contributed by atoms with Gasteiger partial charge in [0.05, 0.1) is 11.9 Å². The molecule has 2 rings (SSSR count). The lowest BCUT2D eigenvalue weighted by Gasteiger charge is -2.30. The molecule has 0 radical (unpaired) electrons. The summed E-state index contributed by atoms with van der Waals surface area (Å²) >= 11 is -2.43. The van der Waals surface area contributed by atoms with Crippen LogP contribution in [0.15, 0.2) is 24.4 Å². The molecule has 1 unspecified atom stereocenters. The van der Waals surface area contributed by atoms with Crippen molar-refractivity contribution < 1.29 is 26.7 Å². The number of aromatic nitrogens is 2.